The lowest BCUT2D eigenvalue weighted by atomic mass is 10.1. The zero-order chi connectivity index (χ0) is 10.7. The number of carbonyl (C=O) groups is 1. The number of rotatable bonds is 3. The van der Waals surface area contributed by atoms with E-state index in [1.54, 1.807) is 6.07 Å². The molecule has 76 valence electrons. The number of aromatic nitrogens is 1. The Morgan fingerprint density at radius 1 is 1.57 bits per heavy atom. The van der Waals surface area contributed by atoms with Gasteiger partial charge in [0.05, 0.1) is 10.7 Å². The minimum absolute atomic E-state index is 0.0642. The van der Waals surface area contributed by atoms with Gasteiger partial charge in [-0.1, -0.05) is 23.2 Å². The average molecular weight is 235 g/mol. The van der Waals surface area contributed by atoms with Gasteiger partial charge in [-0.05, 0) is 12.1 Å². The van der Waals surface area contributed by atoms with Crippen LogP contribution in [0.15, 0.2) is 12.1 Å². The normalized spacial score (nSPS) is 12.5. The lowest BCUT2D eigenvalue weighted by Gasteiger charge is -2.07. The number of nitrogens with two attached hydrogens (primary N) is 1. The third kappa shape index (κ3) is 2.83. The van der Waals surface area contributed by atoms with E-state index >= 15 is 0 Å². The number of hydrogen-bond donors (Lipinski definition) is 2. The van der Waals surface area contributed by atoms with E-state index < -0.39 is 12.0 Å². The molecule has 1 unspecified atom stereocenters. The smallest absolute Gasteiger partial charge is 0.320 e. The zero-order valence-electron chi connectivity index (χ0n) is 7.08. The monoisotopic (exact) mass is 234 g/mol. The van der Waals surface area contributed by atoms with Crippen LogP contribution in [0.5, 0.6) is 0 Å². The summed E-state index contributed by atoms with van der Waals surface area (Å²) in [6.07, 6.45) is 0.0642. The van der Waals surface area contributed by atoms with Crippen LogP contribution in [0.1, 0.15) is 5.69 Å². The highest BCUT2D eigenvalue weighted by atomic mass is 35.5. The van der Waals surface area contributed by atoms with Gasteiger partial charge in [-0.2, -0.15) is 0 Å². The highest BCUT2D eigenvalue weighted by Crippen LogP contribution is 2.17. The first kappa shape index (κ1) is 11.2. The fourth-order valence-electron chi connectivity index (χ4n) is 0.896. The maximum Gasteiger partial charge on any atom is 0.320 e. The molecule has 14 heavy (non-hydrogen) atoms. The third-order valence-corrected chi connectivity index (χ3v) is 2.17. The van der Waals surface area contributed by atoms with Gasteiger partial charge >= 0.3 is 5.97 Å². The van der Waals surface area contributed by atoms with Gasteiger partial charge in [-0.25, -0.2) is 4.98 Å². The van der Waals surface area contributed by atoms with Crippen LogP contribution in [0.2, 0.25) is 10.2 Å². The second kappa shape index (κ2) is 4.59. The van der Waals surface area contributed by atoms with Crippen LogP contribution in [-0.4, -0.2) is 22.1 Å². The summed E-state index contributed by atoms with van der Waals surface area (Å²) in [4.78, 5) is 14.4. The molecule has 6 heteroatoms. The number of carboxylic acid groups (broad SMARTS) is 1. The van der Waals surface area contributed by atoms with E-state index in [1.165, 1.54) is 6.07 Å². The van der Waals surface area contributed by atoms with Crippen molar-refractivity contribution in [2.75, 3.05) is 0 Å². The number of carboxylic acids is 1. The molecule has 1 aromatic heterocycles. The Kier molecular flexibility index (Phi) is 3.69. The largest absolute Gasteiger partial charge is 0.480 e. The van der Waals surface area contributed by atoms with Crippen molar-refractivity contribution in [3.63, 3.8) is 0 Å². The van der Waals surface area contributed by atoms with Gasteiger partial charge in [0.2, 0.25) is 0 Å². The molecule has 4 nitrogen and oxygen atoms in total. The number of pyridine rings is 1. The predicted molar refractivity (Wildman–Crippen MR) is 53.6 cm³/mol. The Balaban J connectivity index is 2.85. The lowest BCUT2D eigenvalue weighted by molar-refractivity contribution is -0.138. The van der Waals surface area contributed by atoms with Crippen molar-refractivity contribution in [3.8, 4) is 0 Å². The maximum absolute atomic E-state index is 10.5. The van der Waals surface area contributed by atoms with Crippen LogP contribution in [-0.2, 0) is 11.2 Å². The Hall–Kier alpha value is -0.840. The molecule has 0 saturated heterocycles. The van der Waals surface area contributed by atoms with Gasteiger partial charge in [0.15, 0.2) is 0 Å². The molecule has 0 amide bonds. The van der Waals surface area contributed by atoms with Crippen LogP contribution in [0.3, 0.4) is 0 Å². The summed E-state index contributed by atoms with van der Waals surface area (Å²) < 4.78 is 0. The molecular weight excluding hydrogens is 227 g/mol. The zero-order valence-corrected chi connectivity index (χ0v) is 8.59. The summed E-state index contributed by atoms with van der Waals surface area (Å²) in [6.45, 7) is 0. The molecule has 1 aromatic rings. The Morgan fingerprint density at radius 2 is 2.21 bits per heavy atom. The van der Waals surface area contributed by atoms with Gasteiger partial charge < -0.3 is 10.8 Å². The van der Waals surface area contributed by atoms with Gasteiger partial charge in [0.25, 0.3) is 0 Å². The number of nitrogens with zero attached hydrogens (tertiary/aromatic N) is 1. The highest BCUT2D eigenvalue weighted by molar-refractivity contribution is 6.32. The second-order valence-corrected chi connectivity index (χ2v) is 3.51. The third-order valence-electron chi connectivity index (χ3n) is 1.62. The summed E-state index contributed by atoms with van der Waals surface area (Å²) in [5.41, 5.74) is 5.72. The van der Waals surface area contributed by atoms with Gasteiger partial charge in [0, 0.05) is 6.42 Å². The maximum atomic E-state index is 10.5. The molecule has 0 radical (unpaired) electrons. The van der Waals surface area contributed by atoms with Gasteiger partial charge in [0.1, 0.15) is 11.2 Å². The van der Waals surface area contributed by atoms with E-state index in [0.717, 1.165) is 0 Å². The molecule has 1 heterocycles. The molecule has 1 atom stereocenters. The van der Waals surface area contributed by atoms with Crippen molar-refractivity contribution in [1.82, 2.24) is 4.98 Å². The van der Waals surface area contributed by atoms with Crippen molar-refractivity contribution in [1.29, 1.82) is 0 Å². The van der Waals surface area contributed by atoms with Crippen molar-refractivity contribution in [2.45, 2.75) is 12.5 Å². The second-order valence-electron chi connectivity index (χ2n) is 2.71. The summed E-state index contributed by atoms with van der Waals surface area (Å²) in [5.74, 6) is -1.09. The number of hydrogen-bond acceptors (Lipinski definition) is 3. The molecule has 0 fully saturated rings. The SMILES string of the molecule is NC(Cc1nc(Cl)ccc1Cl)C(=O)O. The summed E-state index contributed by atoms with van der Waals surface area (Å²) in [6, 6.07) is 2.07. The fourth-order valence-corrected chi connectivity index (χ4v) is 1.24. The molecular formula is C8H8Cl2N2O2. The topological polar surface area (TPSA) is 76.2 Å². The van der Waals surface area contributed by atoms with E-state index in [0.29, 0.717) is 10.7 Å². The Labute approximate surface area is 90.6 Å². The first-order chi connectivity index (χ1) is 6.50. The molecule has 0 aliphatic heterocycles. The quantitative estimate of drug-likeness (QED) is 0.775. The van der Waals surface area contributed by atoms with Crippen molar-refractivity contribution >= 4 is 29.2 Å². The van der Waals surface area contributed by atoms with E-state index in [1.807, 2.05) is 0 Å². The van der Waals surface area contributed by atoms with Crippen LogP contribution in [0, 0.1) is 0 Å². The van der Waals surface area contributed by atoms with E-state index in [4.69, 9.17) is 34.0 Å². The lowest BCUT2D eigenvalue weighted by Crippen LogP contribution is -2.32. The summed E-state index contributed by atoms with van der Waals surface area (Å²) in [7, 11) is 0. The molecule has 0 aliphatic rings. The molecule has 0 saturated carbocycles. The van der Waals surface area contributed by atoms with Crippen molar-refractivity contribution < 1.29 is 9.90 Å². The molecule has 0 aliphatic carbocycles. The number of halogens is 2. The first-order valence-corrected chi connectivity index (χ1v) is 4.55. The van der Waals surface area contributed by atoms with Crippen LogP contribution < -0.4 is 5.73 Å². The molecule has 0 spiro atoms. The van der Waals surface area contributed by atoms with E-state index in [2.05, 4.69) is 4.98 Å². The minimum atomic E-state index is -1.09. The predicted octanol–water partition coefficient (Wildman–Crippen LogP) is 1.34. The highest BCUT2D eigenvalue weighted by Gasteiger charge is 2.15. The van der Waals surface area contributed by atoms with Gasteiger partial charge in [-0.15, -0.1) is 0 Å². The standard InChI is InChI=1S/C8H8Cl2N2O2/c9-4-1-2-7(10)12-6(4)3-5(11)8(13)14/h1-2,5H,3,11H2,(H,13,14). The van der Waals surface area contributed by atoms with E-state index in [-0.39, 0.29) is 11.6 Å². The molecule has 1 rings (SSSR count). The molecule has 0 aromatic carbocycles. The Morgan fingerprint density at radius 3 is 2.79 bits per heavy atom. The summed E-state index contributed by atoms with van der Waals surface area (Å²) >= 11 is 11.4. The van der Waals surface area contributed by atoms with Crippen molar-refractivity contribution in [3.05, 3.63) is 28.0 Å². The minimum Gasteiger partial charge on any atom is -0.480 e. The average Bonchev–Trinajstić information content (AvgIpc) is 2.11. The fraction of sp³-hybridized carbons (Fsp3) is 0.250. The molecule has 3 N–H and O–H groups in total. The van der Waals surface area contributed by atoms with Crippen LogP contribution in [0.4, 0.5) is 0 Å². The van der Waals surface area contributed by atoms with Crippen LogP contribution >= 0.6 is 23.2 Å². The van der Waals surface area contributed by atoms with Gasteiger partial charge in [-0.3, -0.25) is 4.79 Å². The Bertz CT molecular complexity index is 357. The van der Waals surface area contributed by atoms with E-state index in [9.17, 15) is 4.79 Å². The number of aliphatic carboxylic acids is 1. The van der Waals surface area contributed by atoms with Crippen LogP contribution in [0.25, 0.3) is 0 Å². The summed E-state index contributed by atoms with van der Waals surface area (Å²) in [5, 5.41) is 9.21. The molecule has 0 bridgehead atoms. The first-order valence-electron chi connectivity index (χ1n) is 3.80. The van der Waals surface area contributed by atoms with Crippen molar-refractivity contribution in [2.24, 2.45) is 5.73 Å².